The van der Waals surface area contributed by atoms with Crippen molar-refractivity contribution in [2.45, 2.75) is 49.9 Å². The van der Waals surface area contributed by atoms with Gasteiger partial charge in [0, 0.05) is 19.3 Å². The maximum absolute atomic E-state index is 13.8. The molecule has 244 valence electrons. The second-order valence-electron chi connectivity index (χ2n) is 11.2. The van der Waals surface area contributed by atoms with Crippen LogP contribution in [0.25, 0.3) is 0 Å². The molecule has 47 heavy (non-hydrogen) atoms. The number of aliphatic carboxylic acids is 1. The molecule has 0 bridgehead atoms. The van der Waals surface area contributed by atoms with Crippen molar-refractivity contribution in [1.82, 2.24) is 16.0 Å². The Morgan fingerprint density at radius 1 is 0.489 bits per heavy atom. The first kappa shape index (κ1) is 34.2. The number of aromatic hydroxyl groups is 2. The van der Waals surface area contributed by atoms with E-state index in [1.165, 1.54) is 24.3 Å². The van der Waals surface area contributed by atoms with Crippen LogP contribution in [0.5, 0.6) is 11.5 Å². The summed E-state index contributed by atoms with van der Waals surface area (Å²) in [4.78, 5) is 52.8. The molecular weight excluding hydrogens is 600 g/mol. The molecule has 0 saturated heterocycles. The lowest BCUT2D eigenvalue weighted by Crippen LogP contribution is -2.58. The Hall–Kier alpha value is -5.68. The van der Waals surface area contributed by atoms with Crippen molar-refractivity contribution in [3.8, 4) is 11.5 Å². The summed E-state index contributed by atoms with van der Waals surface area (Å²) in [7, 11) is 0. The number of carbonyl (C=O) groups is 4. The van der Waals surface area contributed by atoms with Gasteiger partial charge in [0.15, 0.2) is 0 Å². The van der Waals surface area contributed by atoms with Crippen LogP contribution in [0, 0.1) is 0 Å². The van der Waals surface area contributed by atoms with Gasteiger partial charge in [-0.1, -0.05) is 84.9 Å². The first-order chi connectivity index (χ1) is 22.6. The van der Waals surface area contributed by atoms with Gasteiger partial charge in [-0.3, -0.25) is 14.4 Å². The Labute approximate surface area is 272 Å². The number of phenols is 2. The first-order valence-electron chi connectivity index (χ1n) is 15.1. The highest BCUT2D eigenvalue weighted by Crippen LogP contribution is 2.14. The zero-order chi connectivity index (χ0) is 33.8. The van der Waals surface area contributed by atoms with E-state index in [-0.39, 0.29) is 37.2 Å². The highest BCUT2D eigenvalue weighted by Gasteiger charge is 2.31. The fourth-order valence-electron chi connectivity index (χ4n) is 4.99. The van der Waals surface area contributed by atoms with Crippen molar-refractivity contribution in [1.29, 1.82) is 0 Å². The van der Waals surface area contributed by atoms with Gasteiger partial charge in [0.25, 0.3) is 0 Å². The Morgan fingerprint density at radius 3 is 1.26 bits per heavy atom. The number of rotatable bonds is 15. The maximum atomic E-state index is 13.8. The van der Waals surface area contributed by atoms with E-state index in [1.54, 1.807) is 78.9 Å². The van der Waals surface area contributed by atoms with Gasteiger partial charge in [0.1, 0.15) is 29.6 Å². The molecule has 4 unspecified atom stereocenters. The van der Waals surface area contributed by atoms with Crippen LogP contribution in [-0.4, -0.2) is 63.2 Å². The Kier molecular flexibility index (Phi) is 12.1. The van der Waals surface area contributed by atoms with Gasteiger partial charge in [0.05, 0.1) is 6.04 Å². The third-order valence-corrected chi connectivity index (χ3v) is 7.55. The second-order valence-corrected chi connectivity index (χ2v) is 11.2. The molecule has 0 spiro atoms. The van der Waals surface area contributed by atoms with Crippen LogP contribution in [0.4, 0.5) is 0 Å². The zero-order valence-corrected chi connectivity index (χ0v) is 25.6. The average Bonchev–Trinajstić information content (AvgIpc) is 3.06. The molecule has 11 nitrogen and oxygen atoms in total. The van der Waals surface area contributed by atoms with E-state index in [1.807, 2.05) is 6.07 Å². The van der Waals surface area contributed by atoms with Crippen LogP contribution in [0.15, 0.2) is 109 Å². The molecule has 0 aliphatic heterocycles. The van der Waals surface area contributed by atoms with Crippen molar-refractivity contribution in [2.75, 3.05) is 0 Å². The van der Waals surface area contributed by atoms with Crippen LogP contribution in [0.3, 0.4) is 0 Å². The van der Waals surface area contributed by atoms with Crippen molar-refractivity contribution >= 4 is 23.7 Å². The van der Waals surface area contributed by atoms with Crippen molar-refractivity contribution in [3.63, 3.8) is 0 Å². The van der Waals surface area contributed by atoms with Gasteiger partial charge >= 0.3 is 5.97 Å². The number of nitrogens with one attached hydrogen (secondary N) is 3. The molecule has 0 fully saturated rings. The minimum absolute atomic E-state index is 0.00914. The molecule has 0 aliphatic rings. The average molecular weight is 639 g/mol. The van der Waals surface area contributed by atoms with Gasteiger partial charge in [0.2, 0.25) is 17.7 Å². The summed E-state index contributed by atoms with van der Waals surface area (Å²) in [6.07, 6.45) is 0.231. The summed E-state index contributed by atoms with van der Waals surface area (Å²) in [6, 6.07) is 25.5. The molecule has 3 amide bonds. The van der Waals surface area contributed by atoms with Gasteiger partial charge in [-0.25, -0.2) is 4.79 Å². The van der Waals surface area contributed by atoms with E-state index in [4.69, 9.17) is 5.73 Å². The van der Waals surface area contributed by atoms with Crippen LogP contribution >= 0.6 is 0 Å². The van der Waals surface area contributed by atoms with Gasteiger partial charge in [-0.05, 0) is 52.9 Å². The number of phenolic OH excluding ortho intramolecular Hbond substituents is 2. The van der Waals surface area contributed by atoms with Crippen molar-refractivity contribution in [3.05, 3.63) is 131 Å². The Bertz CT molecular complexity index is 1630. The largest absolute Gasteiger partial charge is 0.508 e. The number of hydrogen-bond acceptors (Lipinski definition) is 7. The minimum Gasteiger partial charge on any atom is -0.508 e. The predicted molar refractivity (Wildman–Crippen MR) is 175 cm³/mol. The fourth-order valence-corrected chi connectivity index (χ4v) is 4.99. The summed E-state index contributed by atoms with van der Waals surface area (Å²) in [5, 5.41) is 37.2. The molecule has 11 heteroatoms. The van der Waals surface area contributed by atoms with Crippen molar-refractivity contribution < 1.29 is 34.5 Å². The first-order valence-corrected chi connectivity index (χ1v) is 15.1. The SMILES string of the molecule is NC(Cc1ccc(O)cc1)C(=O)NC(Cc1ccc(O)cc1)C(=O)NC(Cc1ccccc1)C(=O)NC(Cc1ccccc1)C(=O)O. The van der Waals surface area contributed by atoms with Crippen LogP contribution < -0.4 is 21.7 Å². The summed E-state index contributed by atoms with van der Waals surface area (Å²) >= 11 is 0. The molecule has 4 aromatic carbocycles. The summed E-state index contributed by atoms with van der Waals surface area (Å²) in [6.45, 7) is 0. The lowest BCUT2D eigenvalue weighted by atomic mass is 10.0. The lowest BCUT2D eigenvalue weighted by Gasteiger charge is -2.25. The summed E-state index contributed by atoms with van der Waals surface area (Å²) in [5.74, 6) is -3.14. The predicted octanol–water partition coefficient (Wildman–Crippen LogP) is 2.23. The smallest absolute Gasteiger partial charge is 0.326 e. The zero-order valence-electron chi connectivity index (χ0n) is 25.6. The fraction of sp³-hybridized carbons (Fsp3) is 0.222. The molecule has 4 atom stereocenters. The molecule has 4 aromatic rings. The monoisotopic (exact) mass is 638 g/mol. The highest BCUT2D eigenvalue weighted by atomic mass is 16.4. The van der Waals surface area contributed by atoms with Gasteiger partial charge < -0.3 is 37.0 Å². The molecule has 4 rings (SSSR count). The number of carboxylic acids is 1. The topological polar surface area (TPSA) is 191 Å². The van der Waals surface area contributed by atoms with E-state index < -0.39 is 47.9 Å². The molecule has 0 aliphatic carbocycles. The van der Waals surface area contributed by atoms with Gasteiger partial charge in [-0.15, -0.1) is 0 Å². The Balaban J connectivity index is 1.55. The van der Waals surface area contributed by atoms with E-state index in [9.17, 15) is 34.5 Å². The Morgan fingerprint density at radius 2 is 0.830 bits per heavy atom. The summed E-state index contributed by atoms with van der Waals surface area (Å²) < 4.78 is 0. The number of carbonyl (C=O) groups excluding carboxylic acids is 3. The number of amides is 3. The standard InChI is InChI=1S/C36H38N4O7/c37-29(19-25-11-15-27(41)16-12-25)33(43)38-30(21-26-13-17-28(42)18-14-26)34(44)39-31(20-23-7-3-1-4-8-23)35(45)40-32(36(46)47)22-24-9-5-2-6-10-24/h1-18,29-32,41-42H,19-22,37H2,(H,38,43)(H,39,44)(H,40,45)(H,46,47). The van der Waals surface area contributed by atoms with E-state index in [0.717, 1.165) is 5.56 Å². The lowest BCUT2D eigenvalue weighted by molar-refractivity contribution is -0.142. The number of benzene rings is 4. The van der Waals surface area contributed by atoms with Crippen LogP contribution in [0.2, 0.25) is 0 Å². The second kappa shape index (κ2) is 16.6. The van der Waals surface area contributed by atoms with Crippen molar-refractivity contribution in [2.24, 2.45) is 5.73 Å². The number of carboxylic acid groups (broad SMARTS) is 1. The van der Waals surface area contributed by atoms with E-state index in [2.05, 4.69) is 16.0 Å². The quantitative estimate of drug-likeness (QED) is 0.103. The third kappa shape index (κ3) is 10.7. The molecule has 0 heterocycles. The normalized spacial score (nSPS) is 13.4. The molecule has 0 radical (unpaired) electrons. The number of nitrogens with two attached hydrogens (primary N) is 1. The van der Waals surface area contributed by atoms with Crippen LogP contribution in [-0.2, 0) is 44.9 Å². The van der Waals surface area contributed by atoms with Crippen LogP contribution in [0.1, 0.15) is 22.3 Å². The minimum atomic E-state index is -1.26. The molecule has 8 N–H and O–H groups in total. The molecule has 0 aromatic heterocycles. The van der Waals surface area contributed by atoms with E-state index >= 15 is 0 Å². The van der Waals surface area contributed by atoms with E-state index in [0.29, 0.717) is 16.7 Å². The maximum Gasteiger partial charge on any atom is 0.326 e. The summed E-state index contributed by atoms with van der Waals surface area (Å²) in [5.41, 5.74) is 8.94. The molecular formula is C36H38N4O7. The number of hydrogen-bond donors (Lipinski definition) is 7. The molecule has 0 saturated carbocycles. The highest BCUT2D eigenvalue weighted by molar-refractivity contribution is 5.94. The third-order valence-electron chi connectivity index (χ3n) is 7.55. The van der Waals surface area contributed by atoms with Gasteiger partial charge in [-0.2, -0.15) is 0 Å².